The second kappa shape index (κ2) is 28.4. The molecule has 0 spiro atoms. The molecule has 3 amide bonds. The quantitative estimate of drug-likeness (QED) is 0.0257. The third-order valence-electron chi connectivity index (χ3n) is 13.6. The molecule has 11 unspecified atom stereocenters. The maximum Gasteiger partial charge on any atom is 0.259 e. The van der Waals surface area contributed by atoms with Gasteiger partial charge in [0.2, 0.25) is 17.7 Å². The number of benzene rings is 1. The minimum Gasteiger partial charge on any atom is -0.408 e. The molecule has 0 saturated carbocycles. The summed E-state index contributed by atoms with van der Waals surface area (Å²) >= 11 is 0. The van der Waals surface area contributed by atoms with E-state index < -0.39 is 65.3 Å². The first-order valence-electron chi connectivity index (χ1n) is 25.9. The normalized spacial score (nSPS) is 27.4. The Morgan fingerprint density at radius 1 is 0.971 bits per heavy atom. The van der Waals surface area contributed by atoms with Crippen LogP contribution in [0.25, 0.3) is 0 Å². The van der Waals surface area contributed by atoms with E-state index in [1.807, 2.05) is 39.8 Å². The number of carbonyl (C=O) groups is 3. The molecule has 0 aliphatic carbocycles. The van der Waals surface area contributed by atoms with Gasteiger partial charge in [-0.15, -0.1) is 0 Å². The van der Waals surface area contributed by atoms with E-state index in [1.165, 1.54) is 12.2 Å². The summed E-state index contributed by atoms with van der Waals surface area (Å²) in [4.78, 5) is 38.2. The number of amides is 3. The van der Waals surface area contributed by atoms with Gasteiger partial charge in [0.05, 0.1) is 63.9 Å². The molecule has 70 heavy (non-hydrogen) atoms. The summed E-state index contributed by atoms with van der Waals surface area (Å²) in [5.74, 6) is -1.57. The van der Waals surface area contributed by atoms with Crippen molar-refractivity contribution in [1.29, 1.82) is 0 Å². The van der Waals surface area contributed by atoms with E-state index in [9.17, 15) is 14.4 Å². The number of imide groups is 1. The summed E-state index contributed by atoms with van der Waals surface area (Å²) in [5, 5.41) is 5.27. The molecule has 2 saturated heterocycles. The zero-order valence-electron chi connectivity index (χ0n) is 45.5. The molecule has 0 aromatic heterocycles. The molecular formula is C51H87FN3O11PS2Si. The van der Waals surface area contributed by atoms with Crippen molar-refractivity contribution in [3.63, 3.8) is 0 Å². The Hall–Kier alpha value is -1.51. The van der Waals surface area contributed by atoms with Gasteiger partial charge in [-0.1, -0.05) is 87.4 Å². The lowest BCUT2D eigenvalue weighted by Crippen LogP contribution is -2.56. The summed E-state index contributed by atoms with van der Waals surface area (Å²) in [7, 11) is -0.476. The molecule has 2 fully saturated rings. The number of ether oxygens (including phenoxy) is 5. The first-order valence-corrected chi connectivity index (χ1v) is 31.4. The standard InChI is InChI=1S/C51H87FN3O11PS2Si/c1-16-40-35(6)36(7)45(66-70(14,15)50(9,10)11)49(64-40)61-32-31-60-30-29-59-28-26-53-42(56)23-25-51(12,13)69-68-41-20-18-17-19-38(41)24-27-62-67(55(33(2)3)34(4)5)65-46-37(8)63-47(44(46)52)39-21-22-43(57)54-48(39)58/h17-22,33-37,39-40,44-47,49H,16,23-32H2,1-15H3,(H,53,56)(H,54,57,58)/i8D. The lowest BCUT2D eigenvalue weighted by Gasteiger charge is -2.49. The maximum atomic E-state index is 16.2. The molecule has 3 heterocycles. The molecule has 0 bridgehead atoms. The van der Waals surface area contributed by atoms with Crippen molar-refractivity contribution in [2.45, 2.75) is 199 Å². The van der Waals surface area contributed by atoms with Crippen molar-refractivity contribution in [2.75, 3.05) is 46.2 Å². The van der Waals surface area contributed by atoms with Crippen LogP contribution in [0.4, 0.5) is 4.39 Å². The summed E-state index contributed by atoms with van der Waals surface area (Å²) in [5.41, 5.74) is 1.08. The van der Waals surface area contributed by atoms with Crippen LogP contribution in [0.1, 0.15) is 116 Å². The predicted octanol–water partition coefficient (Wildman–Crippen LogP) is 10.2. The van der Waals surface area contributed by atoms with Crippen molar-refractivity contribution in [3.05, 3.63) is 42.0 Å². The highest BCUT2D eigenvalue weighted by atomic mass is 33.1. The van der Waals surface area contributed by atoms with Gasteiger partial charge in [-0.25, -0.2) is 9.06 Å². The van der Waals surface area contributed by atoms with Crippen LogP contribution in [-0.4, -0.2) is 137 Å². The molecule has 14 nitrogen and oxygen atoms in total. The van der Waals surface area contributed by atoms with E-state index in [4.69, 9.17) is 38.5 Å². The van der Waals surface area contributed by atoms with E-state index in [2.05, 4.69) is 95.9 Å². The predicted molar refractivity (Wildman–Crippen MR) is 282 cm³/mol. The third kappa shape index (κ3) is 18.1. The number of hydrogen-bond donors (Lipinski definition) is 2. The average Bonchev–Trinajstić information content (AvgIpc) is 3.60. The fourth-order valence-electron chi connectivity index (χ4n) is 8.24. The second-order valence-electron chi connectivity index (χ2n) is 21.3. The van der Waals surface area contributed by atoms with Gasteiger partial charge in [-0.2, -0.15) is 0 Å². The van der Waals surface area contributed by atoms with Crippen LogP contribution in [0.3, 0.4) is 0 Å². The van der Waals surface area contributed by atoms with E-state index in [-0.39, 0.29) is 53.5 Å². The van der Waals surface area contributed by atoms with Crippen LogP contribution in [0.2, 0.25) is 18.1 Å². The van der Waals surface area contributed by atoms with Crippen molar-refractivity contribution in [3.8, 4) is 0 Å². The molecular weight excluding hydrogens is 973 g/mol. The maximum absolute atomic E-state index is 16.2. The first kappa shape index (κ1) is 59.4. The molecule has 1 aromatic carbocycles. The smallest absolute Gasteiger partial charge is 0.259 e. The minimum atomic E-state index is -2.04. The van der Waals surface area contributed by atoms with Crippen LogP contribution in [0.15, 0.2) is 41.3 Å². The summed E-state index contributed by atoms with van der Waals surface area (Å²) < 4.78 is 76.2. The van der Waals surface area contributed by atoms with E-state index >= 15 is 4.39 Å². The molecule has 3 aliphatic heterocycles. The number of hydrogen-bond acceptors (Lipinski definition) is 14. The van der Waals surface area contributed by atoms with Crippen molar-refractivity contribution in [1.82, 2.24) is 15.3 Å². The third-order valence-corrected chi connectivity index (χ3v) is 23.7. The molecule has 0 radical (unpaired) electrons. The van der Waals surface area contributed by atoms with Gasteiger partial charge in [0.25, 0.3) is 8.53 Å². The monoisotopic (exact) mass is 1060 g/mol. The molecule has 11 atom stereocenters. The Labute approximate surface area is 431 Å². The first-order chi connectivity index (χ1) is 33.4. The van der Waals surface area contributed by atoms with Gasteiger partial charge in [-0.05, 0) is 109 Å². The molecule has 19 heteroatoms. The van der Waals surface area contributed by atoms with Crippen LogP contribution in [0, 0.1) is 17.8 Å². The molecule has 3 aliphatic rings. The topological polar surface area (TPSA) is 152 Å². The molecule has 400 valence electrons. The number of alkyl halides is 1. The Bertz CT molecular complexity index is 1850. The van der Waals surface area contributed by atoms with Crippen molar-refractivity contribution < 1.29 is 57.3 Å². The van der Waals surface area contributed by atoms with E-state index in [0.29, 0.717) is 70.7 Å². The summed E-state index contributed by atoms with van der Waals surface area (Å²) in [6.45, 7) is 32.8. The lowest BCUT2D eigenvalue weighted by molar-refractivity contribution is -0.268. The largest absolute Gasteiger partial charge is 0.408 e. The van der Waals surface area contributed by atoms with E-state index in [1.54, 1.807) is 21.6 Å². The minimum absolute atomic E-state index is 0.00310. The fourth-order valence-corrected chi connectivity index (χ4v) is 14.0. The van der Waals surface area contributed by atoms with Crippen LogP contribution in [-0.2, 0) is 58.0 Å². The average molecular weight is 1060 g/mol. The highest BCUT2D eigenvalue weighted by Gasteiger charge is 2.51. The van der Waals surface area contributed by atoms with Gasteiger partial charge in [0.15, 0.2) is 20.8 Å². The zero-order chi connectivity index (χ0) is 52.7. The van der Waals surface area contributed by atoms with Gasteiger partial charge < -0.3 is 42.5 Å². The fraction of sp³-hybridized carbons (Fsp3) is 0.784. The van der Waals surface area contributed by atoms with Gasteiger partial charge in [-0.3, -0.25) is 19.7 Å². The van der Waals surface area contributed by atoms with Crippen molar-refractivity contribution >= 4 is 56.2 Å². The Morgan fingerprint density at radius 2 is 1.64 bits per heavy atom. The van der Waals surface area contributed by atoms with Crippen LogP contribution < -0.4 is 10.6 Å². The molecule has 1 aromatic rings. The number of nitrogens with one attached hydrogen (secondary N) is 2. The molecule has 4 rings (SSSR count). The van der Waals surface area contributed by atoms with Gasteiger partial charge >= 0.3 is 0 Å². The molecule has 2 N–H and O–H groups in total. The highest BCUT2D eigenvalue weighted by molar-refractivity contribution is 8.77. The van der Waals surface area contributed by atoms with E-state index in [0.717, 1.165) is 16.9 Å². The number of halogens is 1. The Balaban J connectivity index is 1.16. The zero-order valence-corrected chi connectivity index (χ0v) is 48.0. The summed E-state index contributed by atoms with van der Waals surface area (Å²) in [6, 6.07) is 8.12. The lowest BCUT2D eigenvalue weighted by atomic mass is 9.82. The Morgan fingerprint density at radius 3 is 2.29 bits per heavy atom. The number of nitrogens with zero attached hydrogens (tertiary/aromatic N) is 1. The SMILES string of the molecule is [2H]CC1OC(C2C=CC(=O)NC2=O)C(F)C1OP(OCCc1ccccc1SSC(C)(C)CCC(=O)NCCOCCOCCOC1OC(CC)C(C)C(C)C1O[Si](C)(C)C(C)(C)C)N(C(C)C)C(C)C. The number of carbonyl (C=O) groups excluding carboxylic acids is 3. The second-order valence-corrected chi connectivity index (χ2v) is 30.3. The Kier molecular flexibility index (Phi) is 24.1. The van der Waals surface area contributed by atoms with Gasteiger partial charge in [0.1, 0.15) is 12.2 Å². The van der Waals surface area contributed by atoms with Gasteiger partial charge in [0, 0.05) is 42.1 Å². The van der Waals surface area contributed by atoms with Crippen molar-refractivity contribution in [2.24, 2.45) is 17.8 Å². The van der Waals surface area contributed by atoms with Crippen LogP contribution >= 0.6 is 30.1 Å². The highest BCUT2D eigenvalue weighted by Crippen LogP contribution is 2.51. The van der Waals surface area contributed by atoms with Crippen LogP contribution in [0.5, 0.6) is 0 Å². The summed E-state index contributed by atoms with van der Waals surface area (Å²) in [6.07, 6.45) is -0.347. The number of rotatable bonds is 29.